The highest BCUT2D eigenvalue weighted by atomic mass is 16.4. The highest BCUT2D eigenvalue weighted by Crippen LogP contribution is 2.33. The first-order valence-electron chi connectivity index (χ1n) is 9.80. The lowest BCUT2D eigenvalue weighted by Crippen LogP contribution is -2.29. The first-order chi connectivity index (χ1) is 14.0. The van der Waals surface area contributed by atoms with Gasteiger partial charge in [0.25, 0.3) is 0 Å². The summed E-state index contributed by atoms with van der Waals surface area (Å²) in [7, 11) is 0. The van der Waals surface area contributed by atoms with E-state index in [2.05, 4.69) is 5.32 Å². The molecular formula is C21H24N4O4. The molecule has 1 aromatic carbocycles. The van der Waals surface area contributed by atoms with Crippen LogP contribution in [0.5, 0.6) is 0 Å². The second-order valence-electron chi connectivity index (χ2n) is 7.46. The quantitative estimate of drug-likeness (QED) is 0.571. The smallest absolute Gasteiger partial charge is 0.405 e. The monoisotopic (exact) mass is 396 g/mol. The molecular weight excluding hydrogens is 372 g/mol. The van der Waals surface area contributed by atoms with Gasteiger partial charge < -0.3 is 25.1 Å². The van der Waals surface area contributed by atoms with Crippen molar-refractivity contribution in [3.05, 3.63) is 59.1 Å². The van der Waals surface area contributed by atoms with E-state index in [0.29, 0.717) is 17.1 Å². The number of benzene rings is 1. The van der Waals surface area contributed by atoms with E-state index >= 15 is 0 Å². The van der Waals surface area contributed by atoms with E-state index in [-0.39, 0.29) is 17.6 Å². The van der Waals surface area contributed by atoms with Gasteiger partial charge >= 0.3 is 6.09 Å². The van der Waals surface area contributed by atoms with Crippen LogP contribution in [0.1, 0.15) is 18.5 Å². The Kier molecular flexibility index (Phi) is 5.00. The highest BCUT2D eigenvalue weighted by molar-refractivity contribution is 6.22. The average Bonchev–Trinajstić information content (AvgIpc) is 3.56. The van der Waals surface area contributed by atoms with Gasteiger partial charge in [-0.15, -0.1) is 0 Å². The summed E-state index contributed by atoms with van der Waals surface area (Å²) >= 11 is 0. The van der Waals surface area contributed by atoms with Gasteiger partial charge in [0.1, 0.15) is 11.4 Å². The second kappa shape index (κ2) is 7.62. The molecule has 2 N–H and O–H groups in total. The lowest BCUT2D eigenvalue weighted by molar-refractivity contribution is -0.117. The predicted octanol–water partition coefficient (Wildman–Crippen LogP) is 1.20. The van der Waals surface area contributed by atoms with Crippen molar-refractivity contribution in [1.29, 1.82) is 0 Å². The van der Waals surface area contributed by atoms with Crippen molar-refractivity contribution < 1.29 is 19.5 Å². The van der Waals surface area contributed by atoms with E-state index in [9.17, 15) is 14.4 Å². The molecule has 1 unspecified atom stereocenters. The first-order valence-corrected chi connectivity index (χ1v) is 9.80. The molecule has 0 radical (unpaired) electrons. The molecule has 0 aromatic heterocycles. The molecule has 152 valence electrons. The molecule has 3 fully saturated rings. The second-order valence-corrected chi connectivity index (χ2v) is 7.46. The Morgan fingerprint density at radius 1 is 0.931 bits per heavy atom. The molecule has 1 atom stereocenters. The fourth-order valence-corrected chi connectivity index (χ4v) is 3.29. The minimum Gasteiger partial charge on any atom is -0.465 e. The lowest BCUT2D eigenvalue weighted by Gasteiger charge is -2.21. The van der Waals surface area contributed by atoms with E-state index in [0.717, 1.165) is 44.8 Å². The zero-order chi connectivity index (χ0) is 20.5. The molecule has 0 spiro atoms. The van der Waals surface area contributed by atoms with Crippen LogP contribution in [0.15, 0.2) is 53.5 Å². The molecule has 8 nitrogen and oxygen atoms in total. The molecule has 3 aliphatic heterocycles. The minimum atomic E-state index is -0.994. The van der Waals surface area contributed by atoms with E-state index in [4.69, 9.17) is 5.11 Å². The van der Waals surface area contributed by atoms with Crippen LogP contribution in [-0.2, 0) is 9.59 Å². The summed E-state index contributed by atoms with van der Waals surface area (Å²) in [6.07, 6.45) is 0.530. The Balaban J connectivity index is 0.000000152. The predicted molar refractivity (Wildman–Crippen MR) is 106 cm³/mol. The van der Waals surface area contributed by atoms with Gasteiger partial charge in [0, 0.05) is 45.3 Å². The number of nitrogens with zero attached hydrogens (tertiary/aromatic N) is 3. The maximum Gasteiger partial charge on any atom is 0.405 e. The zero-order valence-corrected chi connectivity index (χ0v) is 16.3. The standard InChI is InChI=1S/C12H13N3O2.C9H11NO2/c16-9-7-8(13-1-2-13)12(17)11(15-5-6-15)10(9)14-3-4-14;1-7(10-9(11)12)8-5-3-2-4-6-8/h7H,1-6H2;2-7,10H,1H3,(H,11,12). The number of hydrogen-bond acceptors (Lipinski definition) is 6. The molecule has 1 aromatic rings. The van der Waals surface area contributed by atoms with Gasteiger partial charge in [-0.2, -0.15) is 0 Å². The number of carboxylic acid groups (broad SMARTS) is 1. The maximum absolute atomic E-state index is 12.4. The fraction of sp³-hybridized carbons (Fsp3) is 0.381. The summed E-state index contributed by atoms with van der Waals surface area (Å²) in [5.41, 5.74) is 2.86. The Labute approximate surface area is 169 Å². The van der Waals surface area contributed by atoms with Crippen molar-refractivity contribution in [1.82, 2.24) is 20.0 Å². The summed E-state index contributed by atoms with van der Waals surface area (Å²) < 4.78 is 0. The third-order valence-electron chi connectivity index (χ3n) is 5.13. The SMILES string of the molecule is CC(NC(=O)O)c1ccccc1.O=C1C=C(N2CC2)C(=O)C(N2CC2)=C1N1CC1. The molecule has 4 aliphatic rings. The van der Waals surface area contributed by atoms with Gasteiger partial charge in [0.15, 0.2) is 0 Å². The summed E-state index contributed by atoms with van der Waals surface area (Å²) in [5, 5.41) is 10.8. The largest absolute Gasteiger partial charge is 0.465 e. The van der Waals surface area contributed by atoms with Crippen molar-refractivity contribution in [2.45, 2.75) is 13.0 Å². The molecule has 3 heterocycles. The van der Waals surface area contributed by atoms with Crippen LogP contribution in [0.2, 0.25) is 0 Å². The molecule has 29 heavy (non-hydrogen) atoms. The molecule has 5 rings (SSSR count). The molecule has 3 saturated heterocycles. The molecule has 0 bridgehead atoms. The number of nitrogens with one attached hydrogen (secondary N) is 1. The number of carbonyl (C=O) groups excluding carboxylic acids is 2. The van der Waals surface area contributed by atoms with E-state index < -0.39 is 6.09 Å². The van der Waals surface area contributed by atoms with Crippen molar-refractivity contribution in [3.63, 3.8) is 0 Å². The van der Waals surface area contributed by atoms with Gasteiger partial charge in [-0.1, -0.05) is 30.3 Å². The van der Waals surface area contributed by atoms with Gasteiger partial charge in [0.05, 0.1) is 11.7 Å². The van der Waals surface area contributed by atoms with Gasteiger partial charge in [-0.05, 0) is 12.5 Å². The maximum atomic E-state index is 12.4. The summed E-state index contributed by atoms with van der Waals surface area (Å²) in [4.78, 5) is 40.7. The first kappa shape index (κ1) is 19.0. The number of Topliss-reactive ketones (excluding diaryl/α,β-unsaturated/α-hetero) is 1. The molecule has 8 heteroatoms. The van der Waals surface area contributed by atoms with Crippen molar-refractivity contribution >= 4 is 17.7 Å². The Bertz CT molecular complexity index is 897. The fourth-order valence-electron chi connectivity index (χ4n) is 3.29. The molecule has 1 aliphatic carbocycles. The van der Waals surface area contributed by atoms with Crippen LogP contribution in [0, 0.1) is 0 Å². The van der Waals surface area contributed by atoms with Crippen molar-refractivity contribution in [2.24, 2.45) is 0 Å². The number of ketones is 2. The number of allylic oxidation sites excluding steroid dienone is 1. The Hall–Kier alpha value is -3.29. The topological polar surface area (TPSA) is 92.5 Å². The molecule has 0 saturated carbocycles. The number of rotatable bonds is 5. The van der Waals surface area contributed by atoms with Gasteiger partial charge in [0.2, 0.25) is 11.6 Å². The number of amides is 1. The highest BCUT2D eigenvalue weighted by Gasteiger charge is 2.43. The summed E-state index contributed by atoms with van der Waals surface area (Å²) in [5.74, 6) is 0.0485. The van der Waals surface area contributed by atoms with Crippen molar-refractivity contribution in [3.8, 4) is 0 Å². The average molecular weight is 396 g/mol. The normalized spacial score (nSPS) is 20.6. The van der Waals surface area contributed by atoms with Crippen LogP contribution >= 0.6 is 0 Å². The van der Waals surface area contributed by atoms with Crippen LogP contribution in [0.25, 0.3) is 0 Å². The lowest BCUT2D eigenvalue weighted by atomic mass is 10.0. The van der Waals surface area contributed by atoms with Crippen molar-refractivity contribution in [2.75, 3.05) is 39.3 Å². The van der Waals surface area contributed by atoms with Crippen LogP contribution in [-0.4, -0.2) is 76.7 Å². The summed E-state index contributed by atoms with van der Waals surface area (Å²) in [6, 6.07) is 9.30. The van der Waals surface area contributed by atoms with E-state index in [1.165, 1.54) is 6.08 Å². The van der Waals surface area contributed by atoms with Gasteiger partial charge in [-0.25, -0.2) is 4.79 Å². The minimum absolute atomic E-state index is 0.00546. The third kappa shape index (κ3) is 4.42. The Morgan fingerprint density at radius 3 is 2.00 bits per heavy atom. The number of hydrogen-bond donors (Lipinski definition) is 2. The van der Waals surface area contributed by atoms with Crippen LogP contribution in [0.4, 0.5) is 4.79 Å². The van der Waals surface area contributed by atoms with Crippen LogP contribution < -0.4 is 5.32 Å². The number of carbonyl (C=O) groups is 3. The zero-order valence-electron chi connectivity index (χ0n) is 16.3. The van der Waals surface area contributed by atoms with Crippen LogP contribution in [0.3, 0.4) is 0 Å². The van der Waals surface area contributed by atoms with Gasteiger partial charge in [-0.3, -0.25) is 9.59 Å². The van der Waals surface area contributed by atoms with E-state index in [1.54, 1.807) is 0 Å². The molecule has 1 amide bonds. The Morgan fingerprint density at radius 2 is 1.48 bits per heavy atom. The third-order valence-corrected chi connectivity index (χ3v) is 5.13. The summed E-state index contributed by atoms with van der Waals surface area (Å²) in [6.45, 7) is 7.22. The van der Waals surface area contributed by atoms with E-state index in [1.807, 2.05) is 52.0 Å².